The molecule has 98 valence electrons. The van der Waals surface area contributed by atoms with Gasteiger partial charge < -0.3 is 15.8 Å². The lowest BCUT2D eigenvalue weighted by molar-refractivity contribution is 0.265. The van der Waals surface area contributed by atoms with E-state index >= 15 is 0 Å². The molecule has 2 rings (SSSR count). The molecule has 4 N–H and O–H groups in total. The molecule has 0 radical (unpaired) electrons. The van der Waals surface area contributed by atoms with Gasteiger partial charge in [-0.05, 0) is 12.0 Å². The molecule has 18 heavy (non-hydrogen) atoms. The number of aliphatic hydroxyl groups is 1. The van der Waals surface area contributed by atoms with Crippen LogP contribution in [0, 0.1) is 23.3 Å². The van der Waals surface area contributed by atoms with Crippen molar-refractivity contribution in [2.24, 2.45) is 5.73 Å². The summed E-state index contributed by atoms with van der Waals surface area (Å²) in [5.41, 5.74) is 5.19. The van der Waals surface area contributed by atoms with Crippen LogP contribution in [0.5, 0.6) is 0 Å². The Balaban J connectivity index is 2.65. The number of aromatic nitrogens is 1. The number of nitrogens with one attached hydrogen (secondary N) is 1. The van der Waals surface area contributed by atoms with E-state index in [0.29, 0.717) is 0 Å². The van der Waals surface area contributed by atoms with Crippen LogP contribution in [0.2, 0.25) is 0 Å². The number of aromatic amines is 1. The molecule has 1 aromatic heterocycles. The molecule has 0 amide bonds. The van der Waals surface area contributed by atoms with Gasteiger partial charge in [-0.3, -0.25) is 0 Å². The van der Waals surface area contributed by atoms with Crippen LogP contribution in [-0.4, -0.2) is 22.7 Å². The Kier molecular flexibility index (Phi) is 3.27. The van der Waals surface area contributed by atoms with Crippen molar-refractivity contribution < 1.29 is 22.7 Å². The third kappa shape index (κ3) is 1.85. The van der Waals surface area contributed by atoms with Crippen LogP contribution in [0.4, 0.5) is 17.6 Å². The molecule has 0 aliphatic carbocycles. The molecule has 0 unspecified atom stereocenters. The third-order valence-electron chi connectivity index (χ3n) is 2.70. The molecule has 1 heterocycles. The van der Waals surface area contributed by atoms with Gasteiger partial charge in [0, 0.05) is 17.6 Å². The van der Waals surface area contributed by atoms with Crippen molar-refractivity contribution in [3.05, 3.63) is 35.0 Å². The van der Waals surface area contributed by atoms with Gasteiger partial charge in [-0.15, -0.1) is 0 Å². The number of H-pyrrole nitrogens is 1. The molecule has 0 aliphatic heterocycles. The van der Waals surface area contributed by atoms with Crippen LogP contribution < -0.4 is 5.73 Å². The third-order valence-corrected chi connectivity index (χ3v) is 2.70. The van der Waals surface area contributed by atoms with Crippen molar-refractivity contribution >= 4 is 10.9 Å². The summed E-state index contributed by atoms with van der Waals surface area (Å²) in [4.78, 5) is 2.34. The standard InChI is InChI=1S/C11H10F4N2O/c12-7-6-4(1-5(16)3-18)2-17-11(6)10(15)9(14)8(7)13/h2,5,17-18H,1,3,16H2/t5-/m0/s1. The molecule has 3 nitrogen and oxygen atoms in total. The Morgan fingerprint density at radius 2 is 1.72 bits per heavy atom. The van der Waals surface area contributed by atoms with Crippen LogP contribution in [0.3, 0.4) is 0 Å². The summed E-state index contributed by atoms with van der Waals surface area (Å²) in [6, 6.07) is -0.695. The van der Waals surface area contributed by atoms with Crippen LogP contribution >= 0.6 is 0 Å². The zero-order valence-corrected chi connectivity index (χ0v) is 9.11. The highest BCUT2D eigenvalue weighted by Gasteiger charge is 2.24. The number of fused-ring (bicyclic) bond motifs is 1. The Bertz CT molecular complexity index is 596. The minimum atomic E-state index is -1.86. The van der Waals surface area contributed by atoms with Crippen molar-refractivity contribution in [1.29, 1.82) is 0 Å². The highest BCUT2D eigenvalue weighted by Crippen LogP contribution is 2.29. The van der Waals surface area contributed by atoms with Crippen LogP contribution in [0.15, 0.2) is 6.20 Å². The molecule has 0 saturated carbocycles. The Morgan fingerprint density at radius 3 is 2.33 bits per heavy atom. The second-order valence-corrected chi connectivity index (χ2v) is 3.97. The molecule has 7 heteroatoms. The molecule has 0 saturated heterocycles. The summed E-state index contributed by atoms with van der Waals surface area (Å²) in [6.07, 6.45) is 1.23. The van der Waals surface area contributed by atoms with Crippen molar-refractivity contribution in [2.45, 2.75) is 12.5 Å². The number of rotatable bonds is 3. The van der Waals surface area contributed by atoms with E-state index in [4.69, 9.17) is 10.8 Å². The van der Waals surface area contributed by atoms with Gasteiger partial charge in [-0.2, -0.15) is 0 Å². The molecule has 0 aliphatic rings. The van der Waals surface area contributed by atoms with Crippen molar-refractivity contribution in [2.75, 3.05) is 6.61 Å². The fourth-order valence-electron chi connectivity index (χ4n) is 1.81. The highest BCUT2D eigenvalue weighted by atomic mass is 19.2. The fraction of sp³-hybridized carbons (Fsp3) is 0.273. The minimum absolute atomic E-state index is 0.0118. The lowest BCUT2D eigenvalue weighted by Crippen LogP contribution is -2.26. The number of hydrogen-bond donors (Lipinski definition) is 3. The maximum absolute atomic E-state index is 13.6. The SMILES string of the molecule is N[C@H](CO)Cc1c[nH]c2c(F)c(F)c(F)c(F)c12. The van der Waals surface area contributed by atoms with Crippen LogP contribution in [-0.2, 0) is 6.42 Å². The minimum Gasteiger partial charge on any atom is -0.395 e. The topological polar surface area (TPSA) is 62.0 Å². The number of nitrogens with two attached hydrogens (primary N) is 1. The number of hydrogen-bond acceptors (Lipinski definition) is 2. The first-order chi connectivity index (χ1) is 8.47. The fourth-order valence-corrected chi connectivity index (χ4v) is 1.81. The van der Waals surface area contributed by atoms with E-state index in [0.717, 1.165) is 0 Å². The number of benzene rings is 1. The predicted octanol–water partition coefficient (Wildman–Crippen LogP) is 1.59. The van der Waals surface area contributed by atoms with Gasteiger partial charge in [0.2, 0.25) is 0 Å². The monoisotopic (exact) mass is 262 g/mol. The van der Waals surface area contributed by atoms with Gasteiger partial charge in [0.25, 0.3) is 0 Å². The summed E-state index contributed by atoms with van der Waals surface area (Å²) in [7, 11) is 0. The zero-order chi connectivity index (χ0) is 13.4. The first kappa shape index (κ1) is 12.8. The molecule has 0 bridgehead atoms. The smallest absolute Gasteiger partial charge is 0.199 e. The average Bonchev–Trinajstić information content (AvgIpc) is 2.77. The van der Waals surface area contributed by atoms with Gasteiger partial charge in [-0.25, -0.2) is 17.6 Å². The largest absolute Gasteiger partial charge is 0.395 e. The summed E-state index contributed by atoms with van der Waals surface area (Å²) in [5, 5.41) is 8.41. The second kappa shape index (κ2) is 4.58. The Morgan fingerprint density at radius 1 is 1.11 bits per heavy atom. The van der Waals surface area contributed by atoms with Crippen molar-refractivity contribution in [3.63, 3.8) is 0 Å². The molecular weight excluding hydrogens is 252 g/mol. The molecule has 0 spiro atoms. The van der Waals surface area contributed by atoms with Gasteiger partial charge in [0.05, 0.1) is 12.1 Å². The number of halogens is 4. The predicted molar refractivity (Wildman–Crippen MR) is 56.9 cm³/mol. The highest BCUT2D eigenvalue weighted by molar-refractivity contribution is 5.84. The lowest BCUT2D eigenvalue weighted by atomic mass is 10.1. The number of aliphatic hydroxyl groups excluding tert-OH is 1. The van der Waals surface area contributed by atoms with E-state index in [-0.39, 0.29) is 24.0 Å². The molecular formula is C11H10F4N2O. The molecule has 1 atom stereocenters. The Hall–Kier alpha value is -1.60. The zero-order valence-electron chi connectivity index (χ0n) is 9.11. The van der Waals surface area contributed by atoms with Gasteiger partial charge in [0.15, 0.2) is 23.3 Å². The van der Waals surface area contributed by atoms with E-state index in [1.54, 1.807) is 0 Å². The van der Waals surface area contributed by atoms with Gasteiger partial charge in [-0.1, -0.05) is 0 Å². The quantitative estimate of drug-likeness (QED) is 0.447. The van der Waals surface area contributed by atoms with Crippen LogP contribution in [0.25, 0.3) is 10.9 Å². The summed E-state index contributed by atoms with van der Waals surface area (Å²) < 4.78 is 53.1. The van der Waals surface area contributed by atoms with E-state index in [2.05, 4.69) is 4.98 Å². The summed E-state index contributed by atoms with van der Waals surface area (Å²) >= 11 is 0. The van der Waals surface area contributed by atoms with E-state index < -0.39 is 34.8 Å². The second-order valence-electron chi connectivity index (χ2n) is 3.97. The van der Waals surface area contributed by atoms with Crippen molar-refractivity contribution in [1.82, 2.24) is 4.98 Å². The van der Waals surface area contributed by atoms with Gasteiger partial charge in [0.1, 0.15) is 0 Å². The molecule has 2 aromatic rings. The van der Waals surface area contributed by atoms with Crippen LogP contribution in [0.1, 0.15) is 5.56 Å². The summed E-state index contributed by atoms with van der Waals surface area (Å²) in [6.45, 7) is -0.361. The maximum Gasteiger partial charge on any atom is 0.199 e. The first-order valence-corrected chi connectivity index (χ1v) is 5.15. The maximum atomic E-state index is 13.6. The van der Waals surface area contributed by atoms with E-state index in [1.165, 1.54) is 6.20 Å². The van der Waals surface area contributed by atoms with E-state index in [9.17, 15) is 17.6 Å². The molecule has 0 fully saturated rings. The van der Waals surface area contributed by atoms with Gasteiger partial charge >= 0.3 is 0 Å². The van der Waals surface area contributed by atoms with E-state index in [1.807, 2.05) is 0 Å². The average molecular weight is 262 g/mol. The summed E-state index contributed by atoms with van der Waals surface area (Å²) in [5.74, 6) is -6.67. The first-order valence-electron chi connectivity index (χ1n) is 5.15. The lowest BCUT2D eigenvalue weighted by Gasteiger charge is -2.07. The normalized spacial score (nSPS) is 13.2. The Labute approximate surface area is 99.2 Å². The van der Waals surface area contributed by atoms with Crippen molar-refractivity contribution in [3.8, 4) is 0 Å². The molecule has 1 aromatic carbocycles.